The zero-order valence-electron chi connectivity index (χ0n) is 13.9. The number of aryl methyl sites for hydroxylation is 2. The number of carbonyl (C=O) groups is 1. The van der Waals surface area contributed by atoms with Crippen LogP contribution in [0.1, 0.15) is 35.8 Å². The maximum absolute atomic E-state index is 12.9. The first-order chi connectivity index (χ1) is 11.0. The van der Waals surface area contributed by atoms with E-state index < -0.39 is 0 Å². The lowest BCUT2D eigenvalue weighted by molar-refractivity contribution is 0.0665. The molecule has 0 aliphatic carbocycles. The maximum atomic E-state index is 12.9. The highest BCUT2D eigenvalue weighted by Gasteiger charge is 2.23. The van der Waals surface area contributed by atoms with E-state index >= 15 is 0 Å². The smallest absolute Gasteiger partial charge is 0.272 e. The first-order valence-electron chi connectivity index (χ1n) is 7.75. The molecular weight excluding hydrogens is 290 g/mol. The number of aromatic nitrogens is 2. The summed E-state index contributed by atoms with van der Waals surface area (Å²) in [5.74, 6) is 0.746. The van der Waals surface area contributed by atoms with Crippen LogP contribution in [0.5, 0.6) is 0 Å². The van der Waals surface area contributed by atoms with Crippen LogP contribution in [-0.2, 0) is 13.6 Å². The van der Waals surface area contributed by atoms with Gasteiger partial charge in [0.05, 0.1) is 12.2 Å². The monoisotopic (exact) mass is 311 g/mol. The van der Waals surface area contributed by atoms with Crippen molar-refractivity contribution in [1.29, 1.82) is 0 Å². The van der Waals surface area contributed by atoms with Crippen molar-refractivity contribution in [2.45, 2.75) is 33.4 Å². The van der Waals surface area contributed by atoms with Gasteiger partial charge in [-0.25, -0.2) is 0 Å². The zero-order chi connectivity index (χ0) is 16.6. The second kappa shape index (κ2) is 5.91. The molecule has 2 aromatic heterocycles. The number of fused-ring (bicyclic) bond motifs is 1. The minimum Gasteiger partial charge on any atom is -0.459 e. The highest BCUT2D eigenvalue weighted by molar-refractivity contribution is 5.93. The topological polar surface area (TPSA) is 51.3 Å². The van der Waals surface area contributed by atoms with Crippen molar-refractivity contribution in [3.63, 3.8) is 0 Å². The molecule has 1 aromatic carbocycles. The Morgan fingerprint density at radius 1 is 1.30 bits per heavy atom. The molecule has 2 heterocycles. The molecule has 0 unspecified atom stereocenters. The fourth-order valence-corrected chi connectivity index (χ4v) is 2.73. The molecule has 5 heteroatoms. The normalized spacial score (nSPS) is 11.3. The summed E-state index contributed by atoms with van der Waals surface area (Å²) in [4.78, 5) is 14.7. The molecule has 23 heavy (non-hydrogen) atoms. The van der Waals surface area contributed by atoms with Gasteiger partial charge in [0.25, 0.3) is 5.91 Å². The molecule has 120 valence electrons. The van der Waals surface area contributed by atoms with Gasteiger partial charge in [0.2, 0.25) is 0 Å². The van der Waals surface area contributed by atoms with Gasteiger partial charge in [0.15, 0.2) is 0 Å². The standard InChI is InChI=1S/C18H21N3O2/c1-12(2)21(18(22)16-9-13(3)19-20(16)4)11-15-10-14-7-5-6-8-17(14)23-15/h5-10,12H,11H2,1-4H3. The molecule has 0 aliphatic heterocycles. The van der Waals surface area contributed by atoms with E-state index in [2.05, 4.69) is 5.10 Å². The highest BCUT2D eigenvalue weighted by Crippen LogP contribution is 2.21. The minimum absolute atomic E-state index is 0.0384. The molecule has 5 nitrogen and oxygen atoms in total. The molecule has 3 rings (SSSR count). The zero-order valence-corrected chi connectivity index (χ0v) is 13.9. The Morgan fingerprint density at radius 3 is 2.65 bits per heavy atom. The van der Waals surface area contributed by atoms with Crippen molar-refractivity contribution in [2.24, 2.45) is 7.05 Å². The Morgan fingerprint density at radius 2 is 2.04 bits per heavy atom. The van der Waals surface area contributed by atoms with E-state index in [0.717, 1.165) is 22.4 Å². The quantitative estimate of drug-likeness (QED) is 0.740. The molecule has 3 aromatic rings. The Bertz CT molecular complexity index is 812. The van der Waals surface area contributed by atoms with E-state index in [1.807, 2.05) is 57.2 Å². The molecule has 0 radical (unpaired) electrons. The molecule has 0 saturated carbocycles. The van der Waals surface area contributed by atoms with Crippen LogP contribution in [-0.4, -0.2) is 26.6 Å². The maximum Gasteiger partial charge on any atom is 0.272 e. The van der Waals surface area contributed by atoms with E-state index in [-0.39, 0.29) is 11.9 Å². The van der Waals surface area contributed by atoms with E-state index in [1.54, 1.807) is 16.6 Å². The Labute approximate surface area is 135 Å². The van der Waals surface area contributed by atoms with Crippen LogP contribution in [0.3, 0.4) is 0 Å². The Balaban J connectivity index is 1.89. The van der Waals surface area contributed by atoms with Crippen LogP contribution in [0.2, 0.25) is 0 Å². The van der Waals surface area contributed by atoms with Gasteiger partial charge in [0, 0.05) is 18.5 Å². The molecule has 0 N–H and O–H groups in total. The van der Waals surface area contributed by atoms with Crippen LogP contribution < -0.4 is 0 Å². The van der Waals surface area contributed by atoms with Crippen molar-refractivity contribution in [3.05, 3.63) is 53.5 Å². The van der Waals surface area contributed by atoms with Gasteiger partial charge in [-0.3, -0.25) is 9.48 Å². The van der Waals surface area contributed by atoms with E-state index in [1.165, 1.54) is 0 Å². The second-order valence-corrected chi connectivity index (χ2v) is 6.07. The lowest BCUT2D eigenvalue weighted by Crippen LogP contribution is -2.37. The fraction of sp³-hybridized carbons (Fsp3) is 0.333. The summed E-state index contributed by atoms with van der Waals surface area (Å²) in [6.07, 6.45) is 0. The van der Waals surface area contributed by atoms with E-state index in [9.17, 15) is 4.79 Å². The van der Waals surface area contributed by atoms with Crippen molar-refractivity contribution < 1.29 is 9.21 Å². The molecular formula is C18H21N3O2. The average Bonchev–Trinajstić information content (AvgIpc) is 3.06. The van der Waals surface area contributed by atoms with E-state index in [4.69, 9.17) is 4.42 Å². The van der Waals surface area contributed by atoms with Crippen LogP contribution in [0.4, 0.5) is 0 Å². The number of rotatable bonds is 4. The van der Waals surface area contributed by atoms with Crippen molar-refractivity contribution >= 4 is 16.9 Å². The predicted octanol–water partition coefficient (Wildman–Crippen LogP) is 3.53. The lowest BCUT2D eigenvalue weighted by Gasteiger charge is -2.25. The first-order valence-corrected chi connectivity index (χ1v) is 7.75. The first kappa shape index (κ1) is 15.3. The van der Waals surface area contributed by atoms with Gasteiger partial charge in [0.1, 0.15) is 17.0 Å². The third kappa shape index (κ3) is 2.99. The number of nitrogens with zero attached hydrogens (tertiary/aromatic N) is 3. The van der Waals surface area contributed by atoms with E-state index in [0.29, 0.717) is 12.2 Å². The Kier molecular flexibility index (Phi) is 3.94. The fourth-order valence-electron chi connectivity index (χ4n) is 2.73. The van der Waals surface area contributed by atoms with Crippen LogP contribution in [0.25, 0.3) is 11.0 Å². The van der Waals surface area contributed by atoms with Crippen LogP contribution >= 0.6 is 0 Å². The molecule has 0 fully saturated rings. The van der Waals surface area contributed by atoms with Crippen LogP contribution in [0, 0.1) is 6.92 Å². The number of carbonyl (C=O) groups excluding carboxylic acids is 1. The van der Waals surface area contributed by atoms with Crippen molar-refractivity contribution in [1.82, 2.24) is 14.7 Å². The SMILES string of the molecule is Cc1cc(C(=O)N(Cc2cc3ccccc3o2)C(C)C)n(C)n1. The summed E-state index contributed by atoms with van der Waals surface area (Å²) < 4.78 is 7.48. The number of hydrogen-bond acceptors (Lipinski definition) is 3. The summed E-state index contributed by atoms with van der Waals surface area (Å²) >= 11 is 0. The lowest BCUT2D eigenvalue weighted by atomic mass is 10.2. The van der Waals surface area contributed by atoms with Crippen molar-refractivity contribution in [3.8, 4) is 0 Å². The summed E-state index contributed by atoms with van der Waals surface area (Å²) in [7, 11) is 1.79. The summed E-state index contributed by atoms with van der Waals surface area (Å²) in [6, 6.07) is 11.7. The van der Waals surface area contributed by atoms with Gasteiger partial charge in [-0.1, -0.05) is 18.2 Å². The molecule has 0 bridgehead atoms. The average molecular weight is 311 g/mol. The molecule has 0 spiro atoms. The largest absolute Gasteiger partial charge is 0.459 e. The van der Waals surface area contributed by atoms with Crippen molar-refractivity contribution in [2.75, 3.05) is 0 Å². The number of amides is 1. The molecule has 0 saturated heterocycles. The number of para-hydroxylation sites is 1. The molecule has 0 aliphatic rings. The van der Waals surface area contributed by atoms with Gasteiger partial charge < -0.3 is 9.32 Å². The third-order valence-electron chi connectivity index (χ3n) is 3.91. The van der Waals surface area contributed by atoms with Gasteiger partial charge >= 0.3 is 0 Å². The van der Waals surface area contributed by atoms with Crippen LogP contribution in [0.15, 0.2) is 40.8 Å². The molecule has 0 atom stereocenters. The number of benzene rings is 1. The highest BCUT2D eigenvalue weighted by atomic mass is 16.3. The summed E-state index contributed by atoms with van der Waals surface area (Å²) in [6.45, 7) is 6.33. The van der Waals surface area contributed by atoms with Gasteiger partial charge in [-0.15, -0.1) is 0 Å². The minimum atomic E-state index is -0.0384. The van der Waals surface area contributed by atoms with Gasteiger partial charge in [-0.2, -0.15) is 5.10 Å². The molecule has 1 amide bonds. The number of furan rings is 1. The summed E-state index contributed by atoms with van der Waals surface area (Å²) in [5.41, 5.74) is 2.27. The second-order valence-electron chi connectivity index (χ2n) is 6.07. The third-order valence-corrected chi connectivity index (χ3v) is 3.91. The summed E-state index contributed by atoms with van der Waals surface area (Å²) in [5, 5.41) is 5.31. The van der Waals surface area contributed by atoms with Gasteiger partial charge in [-0.05, 0) is 39.0 Å². The Hall–Kier alpha value is -2.56. The number of hydrogen-bond donors (Lipinski definition) is 0. The predicted molar refractivity (Wildman–Crippen MR) is 89.2 cm³/mol.